The summed E-state index contributed by atoms with van der Waals surface area (Å²) in [6, 6.07) is 3.62. The first-order valence-corrected chi connectivity index (χ1v) is 5.37. The van der Waals surface area contributed by atoms with Gasteiger partial charge in [0.2, 0.25) is 0 Å². The van der Waals surface area contributed by atoms with Crippen molar-refractivity contribution in [2.45, 2.75) is 18.8 Å². The molecular formula is C11H8ClN3O. The molecule has 0 radical (unpaired) electrons. The molecule has 0 bridgehead atoms. The Morgan fingerprint density at radius 1 is 1.56 bits per heavy atom. The van der Waals surface area contributed by atoms with E-state index in [-0.39, 0.29) is 0 Å². The quantitative estimate of drug-likeness (QED) is 0.769. The zero-order chi connectivity index (χ0) is 11.3. The molecule has 5 heteroatoms. The highest BCUT2D eigenvalue weighted by Gasteiger charge is 2.31. The summed E-state index contributed by atoms with van der Waals surface area (Å²) in [4.78, 5) is 0. The van der Waals surface area contributed by atoms with Crippen LogP contribution in [-0.4, -0.2) is 5.16 Å². The number of hydrogen-bond acceptors (Lipinski definition) is 4. The van der Waals surface area contributed by atoms with Crippen LogP contribution in [0.4, 0.5) is 5.69 Å². The molecule has 0 spiro atoms. The lowest BCUT2D eigenvalue weighted by molar-refractivity contribution is 0.446. The number of aromatic nitrogens is 1. The predicted octanol–water partition coefficient (Wildman–Crippen LogP) is 2.81. The minimum Gasteiger partial charge on any atom is -0.398 e. The van der Waals surface area contributed by atoms with Gasteiger partial charge in [0.25, 0.3) is 0 Å². The molecule has 1 heterocycles. The van der Waals surface area contributed by atoms with Gasteiger partial charge in [-0.25, -0.2) is 0 Å². The molecule has 1 aliphatic rings. The van der Waals surface area contributed by atoms with Crippen LogP contribution in [0.5, 0.6) is 0 Å². The molecule has 3 rings (SSSR count). The molecule has 0 atom stereocenters. The summed E-state index contributed by atoms with van der Waals surface area (Å²) in [5.74, 6) is 0.425. The van der Waals surface area contributed by atoms with E-state index in [0.717, 1.165) is 23.9 Å². The van der Waals surface area contributed by atoms with Gasteiger partial charge in [-0.05, 0) is 12.8 Å². The van der Waals surface area contributed by atoms with Crippen molar-refractivity contribution in [1.29, 1.82) is 5.26 Å². The molecule has 0 amide bonds. The second-order valence-corrected chi connectivity index (χ2v) is 4.36. The number of fused-ring (bicyclic) bond motifs is 1. The first-order chi connectivity index (χ1) is 7.72. The van der Waals surface area contributed by atoms with Crippen molar-refractivity contribution in [2.75, 3.05) is 5.73 Å². The number of anilines is 1. The lowest BCUT2D eigenvalue weighted by Crippen LogP contribution is -1.92. The Bertz CT molecular complexity index is 622. The van der Waals surface area contributed by atoms with Gasteiger partial charge in [0.1, 0.15) is 6.07 Å². The van der Waals surface area contributed by atoms with Crippen LogP contribution >= 0.6 is 11.6 Å². The van der Waals surface area contributed by atoms with E-state index in [9.17, 15) is 0 Å². The van der Waals surface area contributed by atoms with Crippen LogP contribution in [0.1, 0.15) is 30.0 Å². The van der Waals surface area contributed by atoms with Crippen LogP contribution in [0.2, 0.25) is 5.02 Å². The van der Waals surface area contributed by atoms with Crippen LogP contribution in [0, 0.1) is 11.3 Å². The second kappa shape index (κ2) is 3.13. The van der Waals surface area contributed by atoms with E-state index >= 15 is 0 Å². The van der Waals surface area contributed by atoms with E-state index in [4.69, 9.17) is 27.1 Å². The first kappa shape index (κ1) is 9.49. The molecular weight excluding hydrogens is 226 g/mol. The standard InChI is InChI=1S/C11H8ClN3O/c12-10-6(4-13)7(14)3-8-9(10)11(15-16-8)5-1-2-5/h3,5H,1-2,14H2. The van der Waals surface area contributed by atoms with Gasteiger partial charge in [0.15, 0.2) is 5.58 Å². The predicted molar refractivity (Wildman–Crippen MR) is 60.1 cm³/mol. The zero-order valence-corrected chi connectivity index (χ0v) is 9.08. The molecule has 1 saturated carbocycles. The number of rotatable bonds is 1. The number of nitriles is 1. The highest BCUT2D eigenvalue weighted by molar-refractivity contribution is 6.37. The third-order valence-electron chi connectivity index (χ3n) is 2.83. The third kappa shape index (κ3) is 1.18. The van der Waals surface area contributed by atoms with Gasteiger partial charge < -0.3 is 10.3 Å². The van der Waals surface area contributed by atoms with Crippen molar-refractivity contribution in [3.8, 4) is 6.07 Å². The molecule has 1 aliphatic carbocycles. The lowest BCUT2D eigenvalue weighted by Gasteiger charge is -2.01. The minimum absolute atomic E-state index is 0.305. The number of nitrogens with two attached hydrogens (primary N) is 1. The molecule has 1 fully saturated rings. The van der Waals surface area contributed by atoms with E-state index in [1.54, 1.807) is 6.07 Å². The van der Waals surface area contributed by atoms with Crippen molar-refractivity contribution in [2.24, 2.45) is 0 Å². The van der Waals surface area contributed by atoms with Crippen molar-refractivity contribution in [3.63, 3.8) is 0 Å². The molecule has 2 aromatic rings. The number of hydrogen-bond donors (Lipinski definition) is 1. The van der Waals surface area contributed by atoms with Crippen LogP contribution < -0.4 is 5.73 Å². The molecule has 2 N–H and O–H groups in total. The summed E-state index contributed by atoms with van der Waals surface area (Å²) < 4.78 is 5.19. The first-order valence-electron chi connectivity index (χ1n) is 4.99. The molecule has 0 unspecified atom stereocenters. The Labute approximate surface area is 96.6 Å². The van der Waals surface area contributed by atoms with Crippen molar-refractivity contribution >= 4 is 28.3 Å². The Hall–Kier alpha value is -1.73. The molecule has 1 aromatic carbocycles. The number of nitrogens with zero attached hydrogens (tertiary/aromatic N) is 2. The fourth-order valence-electron chi connectivity index (χ4n) is 1.85. The fourth-order valence-corrected chi connectivity index (χ4v) is 2.19. The Kier molecular flexibility index (Phi) is 1.86. The van der Waals surface area contributed by atoms with Gasteiger partial charge in [-0.3, -0.25) is 0 Å². The smallest absolute Gasteiger partial charge is 0.170 e. The monoisotopic (exact) mass is 233 g/mol. The summed E-state index contributed by atoms with van der Waals surface area (Å²) in [6.07, 6.45) is 2.20. The molecule has 16 heavy (non-hydrogen) atoms. The Morgan fingerprint density at radius 3 is 2.94 bits per heavy atom. The normalized spacial score (nSPS) is 15.2. The SMILES string of the molecule is N#Cc1c(N)cc2onc(C3CC3)c2c1Cl. The second-order valence-electron chi connectivity index (χ2n) is 3.98. The number of halogens is 1. The summed E-state index contributed by atoms with van der Waals surface area (Å²) in [5, 5.41) is 14.1. The minimum atomic E-state index is 0.305. The summed E-state index contributed by atoms with van der Waals surface area (Å²) in [7, 11) is 0. The summed E-state index contributed by atoms with van der Waals surface area (Å²) in [6.45, 7) is 0. The van der Waals surface area contributed by atoms with Gasteiger partial charge in [0, 0.05) is 12.0 Å². The number of benzene rings is 1. The highest BCUT2D eigenvalue weighted by atomic mass is 35.5. The lowest BCUT2D eigenvalue weighted by atomic mass is 10.1. The summed E-state index contributed by atoms with van der Waals surface area (Å²) >= 11 is 6.16. The van der Waals surface area contributed by atoms with E-state index in [0.29, 0.717) is 27.8 Å². The number of nitrogen functional groups attached to an aromatic ring is 1. The van der Waals surface area contributed by atoms with E-state index in [1.807, 2.05) is 6.07 Å². The average molecular weight is 234 g/mol. The van der Waals surface area contributed by atoms with Crippen molar-refractivity contribution in [1.82, 2.24) is 5.16 Å². The van der Waals surface area contributed by atoms with Crippen LogP contribution in [0.15, 0.2) is 10.6 Å². The van der Waals surface area contributed by atoms with Gasteiger partial charge in [-0.15, -0.1) is 0 Å². The van der Waals surface area contributed by atoms with E-state index in [1.165, 1.54) is 0 Å². The van der Waals surface area contributed by atoms with Crippen molar-refractivity contribution < 1.29 is 4.52 Å². The molecule has 4 nitrogen and oxygen atoms in total. The topological polar surface area (TPSA) is 75.8 Å². The van der Waals surface area contributed by atoms with E-state index in [2.05, 4.69) is 5.16 Å². The van der Waals surface area contributed by atoms with Gasteiger partial charge in [0.05, 0.1) is 27.4 Å². The maximum Gasteiger partial charge on any atom is 0.170 e. The fraction of sp³-hybridized carbons (Fsp3) is 0.273. The largest absolute Gasteiger partial charge is 0.398 e. The summed E-state index contributed by atoms with van der Waals surface area (Å²) in [5.41, 5.74) is 7.76. The van der Waals surface area contributed by atoms with Crippen LogP contribution in [0.25, 0.3) is 11.0 Å². The van der Waals surface area contributed by atoms with Gasteiger partial charge >= 0.3 is 0 Å². The maximum atomic E-state index is 8.98. The van der Waals surface area contributed by atoms with Crippen LogP contribution in [-0.2, 0) is 0 Å². The molecule has 0 saturated heterocycles. The van der Waals surface area contributed by atoms with Crippen LogP contribution in [0.3, 0.4) is 0 Å². The average Bonchev–Trinajstić information content (AvgIpc) is 3.00. The molecule has 0 aliphatic heterocycles. The van der Waals surface area contributed by atoms with Crippen molar-refractivity contribution in [3.05, 3.63) is 22.3 Å². The van der Waals surface area contributed by atoms with Gasteiger partial charge in [-0.2, -0.15) is 5.26 Å². The molecule has 1 aromatic heterocycles. The Morgan fingerprint density at radius 2 is 2.31 bits per heavy atom. The highest BCUT2D eigenvalue weighted by Crippen LogP contribution is 2.45. The Balaban J connectivity index is 2.38. The maximum absolute atomic E-state index is 8.98. The van der Waals surface area contributed by atoms with Gasteiger partial charge in [-0.1, -0.05) is 16.8 Å². The third-order valence-corrected chi connectivity index (χ3v) is 3.21. The zero-order valence-electron chi connectivity index (χ0n) is 8.33. The van der Waals surface area contributed by atoms with E-state index < -0.39 is 0 Å². The molecule has 80 valence electrons.